The number of carbonyl (C=O) groups excluding carboxylic acids is 1. The number of ether oxygens (including phenoxy) is 2. The fourth-order valence-corrected chi connectivity index (χ4v) is 1.96. The minimum atomic E-state index is -0.170. The molecule has 0 amide bonds. The SMILES string of the molecule is O=C1CCOCC12CCOCC2. The maximum atomic E-state index is 11.6. The second-order valence-corrected chi connectivity index (χ2v) is 3.62. The minimum absolute atomic E-state index is 0.170. The van der Waals surface area contributed by atoms with Gasteiger partial charge >= 0.3 is 0 Å². The molecule has 3 nitrogen and oxygen atoms in total. The molecule has 2 saturated heterocycles. The van der Waals surface area contributed by atoms with E-state index < -0.39 is 0 Å². The van der Waals surface area contributed by atoms with Crippen molar-refractivity contribution in [1.82, 2.24) is 0 Å². The zero-order valence-corrected chi connectivity index (χ0v) is 7.17. The highest BCUT2D eigenvalue weighted by molar-refractivity contribution is 5.85. The van der Waals surface area contributed by atoms with Gasteiger partial charge in [0.25, 0.3) is 0 Å². The monoisotopic (exact) mass is 170 g/mol. The molecule has 2 fully saturated rings. The van der Waals surface area contributed by atoms with E-state index in [-0.39, 0.29) is 5.41 Å². The van der Waals surface area contributed by atoms with E-state index >= 15 is 0 Å². The van der Waals surface area contributed by atoms with E-state index in [1.165, 1.54) is 0 Å². The quantitative estimate of drug-likeness (QED) is 0.538. The molecule has 2 aliphatic heterocycles. The molecule has 12 heavy (non-hydrogen) atoms. The minimum Gasteiger partial charge on any atom is -0.381 e. The Labute approximate surface area is 72.0 Å². The first-order chi connectivity index (χ1) is 5.83. The Morgan fingerprint density at radius 3 is 2.50 bits per heavy atom. The van der Waals surface area contributed by atoms with E-state index in [0.29, 0.717) is 25.4 Å². The van der Waals surface area contributed by atoms with E-state index in [1.54, 1.807) is 0 Å². The second-order valence-electron chi connectivity index (χ2n) is 3.62. The number of Topliss-reactive ketones (excluding diaryl/α,β-unsaturated/α-hetero) is 1. The van der Waals surface area contributed by atoms with Crippen LogP contribution in [0.25, 0.3) is 0 Å². The number of ketones is 1. The molecule has 2 aliphatic rings. The van der Waals surface area contributed by atoms with Crippen molar-refractivity contribution in [2.75, 3.05) is 26.4 Å². The Hall–Kier alpha value is -0.410. The smallest absolute Gasteiger partial charge is 0.143 e. The van der Waals surface area contributed by atoms with Gasteiger partial charge in [-0.05, 0) is 12.8 Å². The second kappa shape index (κ2) is 3.15. The molecule has 0 aromatic rings. The van der Waals surface area contributed by atoms with Gasteiger partial charge in [-0.1, -0.05) is 0 Å². The van der Waals surface area contributed by atoms with Crippen LogP contribution in [0.5, 0.6) is 0 Å². The zero-order valence-electron chi connectivity index (χ0n) is 7.17. The summed E-state index contributed by atoms with van der Waals surface area (Å²) in [6.07, 6.45) is 2.30. The van der Waals surface area contributed by atoms with Gasteiger partial charge in [-0.2, -0.15) is 0 Å². The summed E-state index contributed by atoms with van der Waals surface area (Å²) >= 11 is 0. The summed E-state index contributed by atoms with van der Waals surface area (Å²) in [5.74, 6) is 0.386. The molecule has 0 saturated carbocycles. The molecule has 0 unspecified atom stereocenters. The van der Waals surface area contributed by atoms with Crippen LogP contribution < -0.4 is 0 Å². The van der Waals surface area contributed by atoms with Crippen molar-refractivity contribution in [2.45, 2.75) is 19.3 Å². The van der Waals surface area contributed by atoms with Crippen molar-refractivity contribution >= 4 is 5.78 Å². The van der Waals surface area contributed by atoms with Crippen LogP contribution >= 0.6 is 0 Å². The van der Waals surface area contributed by atoms with Crippen molar-refractivity contribution in [3.8, 4) is 0 Å². The first-order valence-electron chi connectivity index (χ1n) is 4.52. The van der Waals surface area contributed by atoms with E-state index in [2.05, 4.69) is 0 Å². The highest BCUT2D eigenvalue weighted by atomic mass is 16.5. The lowest BCUT2D eigenvalue weighted by molar-refractivity contribution is -0.148. The van der Waals surface area contributed by atoms with Gasteiger partial charge < -0.3 is 9.47 Å². The van der Waals surface area contributed by atoms with Crippen LogP contribution in [0.3, 0.4) is 0 Å². The van der Waals surface area contributed by atoms with Gasteiger partial charge in [-0.25, -0.2) is 0 Å². The van der Waals surface area contributed by atoms with Gasteiger partial charge in [-0.3, -0.25) is 4.79 Å². The maximum Gasteiger partial charge on any atom is 0.143 e. The van der Waals surface area contributed by atoms with Crippen LogP contribution in [0.2, 0.25) is 0 Å². The van der Waals surface area contributed by atoms with E-state index in [9.17, 15) is 4.79 Å². The van der Waals surface area contributed by atoms with Gasteiger partial charge in [0.15, 0.2) is 0 Å². The fourth-order valence-electron chi connectivity index (χ4n) is 1.96. The third-order valence-corrected chi connectivity index (χ3v) is 2.89. The van der Waals surface area contributed by atoms with Crippen LogP contribution in [0.1, 0.15) is 19.3 Å². The lowest BCUT2D eigenvalue weighted by Crippen LogP contribution is -2.44. The Balaban J connectivity index is 2.09. The molecule has 1 spiro atoms. The number of rotatable bonds is 0. The Morgan fingerprint density at radius 2 is 1.83 bits per heavy atom. The molecule has 0 aromatic heterocycles. The fraction of sp³-hybridized carbons (Fsp3) is 0.889. The number of hydrogen-bond donors (Lipinski definition) is 0. The third kappa shape index (κ3) is 1.27. The highest BCUT2D eigenvalue weighted by Crippen LogP contribution is 2.35. The normalized spacial score (nSPS) is 29.2. The summed E-state index contributed by atoms with van der Waals surface area (Å²) in [5.41, 5.74) is -0.170. The third-order valence-electron chi connectivity index (χ3n) is 2.89. The van der Waals surface area contributed by atoms with E-state index in [1.807, 2.05) is 0 Å². The molecular formula is C9H14O3. The molecule has 0 N–H and O–H groups in total. The van der Waals surface area contributed by atoms with Gasteiger partial charge in [0, 0.05) is 19.6 Å². The molecule has 0 aromatic carbocycles. The van der Waals surface area contributed by atoms with Gasteiger partial charge in [-0.15, -0.1) is 0 Å². The predicted molar refractivity (Wildman–Crippen MR) is 42.9 cm³/mol. The van der Waals surface area contributed by atoms with Gasteiger partial charge in [0.2, 0.25) is 0 Å². The summed E-state index contributed by atoms with van der Waals surface area (Å²) in [6, 6.07) is 0. The summed E-state index contributed by atoms with van der Waals surface area (Å²) in [7, 11) is 0. The topological polar surface area (TPSA) is 35.5 Å². The molecule has 0 bridgehead atoms. The molecule has 2 rings (SSSR count). The molecule has 0 radical (unpaired) electrons. The van der Waals surface area contributed by atoms with Crippen LogP contribution in [0.4, 0.5) is 0 Å². The first-order valence-corrected chi connectivity index (χ1v) is 4.52. The average Bonchev–Trinajstić information content (AvgIpc) is 2.12. The largest absolute Gasteiger partial charge is 0.381 e. The Bertz CT molecular complexity index is 174. The van der Waals surface area contributed by atoms with E-state index in [0.717, 1.165) is 26.1 Å². The predicted octanol–water partition coefficient (Wildman–Crippen LogP) is 0.773. The number of carbonyl (C=O) groups is 1. The number of hydrogen-bond acceptors (Lipinski definition) is 3. The van der Waals surface area contributed by atoms with Crippen molar-refractivity contribution in [3.05, 3.63) is 0 Å². The van der Waals surface area contributed by atoms with Crippen molar-refractivity contribution in [3.63, 3.8) is 0 Å². The summed E-state index contributed by atoms with van der Waals surface area (Å²) in [6.45, 7) is 2.67. The summed E-state index contributed by atoms with van der Waals surface area (Å²) in [4.78, 5) is 11.6. The standard InChI is InChI=1S/C9H14O3/c10-8-1-4-12-7-9(8)2-5-11-6-3-9/h1-7H2. The van der Waals surface area contributed by atoms with Crippen LogP contribution in [-0.2, 0) is 14.3 Å². The lowest BCUT2D eigenvalue weighted by atomic mass is 9.75. The van der Waals surface area contributed by atoms with Crippen LogP contribution in [-0.4, -0.2) is 32.2 Å². The molecule has 68 valence electrons. The summed E-state index contributed by atoms with van der Waals surface area (Å²) < 4.78 is 10.6. The first kappa shape index (κ1) is 8.20. The van der Waals surface area contributed by atoms with Crippen LogP contribution in [0, 0.1) is 5.41 Å². The van der Waals surface area contributed by atoms with Gasteiger partial charge in [0.05, 0.1) is 18.6 Å². The van der Waals surface area contributed by atoms with Crippen LogP contribution in [0.15, 0.2) is 0 Å². The van der Waals surface area contributed by atoms with Gasteiger partial charge in [0.1, 0.15) is 5.78 Å². The summed E-state index contributed by atoms with van der Waals surface area (Å²) in [5, 5.41) is 0. The van der Waals surface area contributed by atoms with Crippen molar-refractivity contribution in [2.24, 2.45) is 5.41 Å². The van der Waals surface area contributed by atoms with Crippen molar-refractivity contribution in [1.29, 1.82) is 0 Å². The molecule has 0 atom stereocenters. The molecular weight excluding hydrogens is 156 g/mol. The van der Waals surface area contributed by atoms with Crippen molar-refractivity contribution < 1.29 is 14.3 Å². The highest BCUT2D eigenvalue weighted by Gasteiger charge is 2.41. The Kier molecular flexibility index (Phi) is 2.15. The maximum absolute atomic E-state index is 11.6. The van der Waals surface area contributed by atoms with E-state index in [4.69, 9.17) is 9.47 Å². The molecule has 0 aliphatic carbocycles. The lowest BCUT2D eigenvalue weighted by Gasteiger charge is -2.38. The zero-order chi connectivity index (χ0) is 8.44. The molecule has 3 heteroatoms. The Morgan fingerprint density at radius 1 is 1.08 bits per heavy atom. The average molecular weight is 170 g/mol. The molecule has 2 heterocycles.